The molecule has 1 saturated carbocycles. The largest absolute Gasteiger partial charge is 0.376 e. The van der Waals surface area contributed by atoms with Gasteiger partial charge in [-0.2, -0.15) is 0 Å². The fourth-order valence-corrected chi connectivity index (χ4v) is 2.69. The number of nitrogens with one attached hydrogen (secondary N) is 2. The lowest BCUT2D eigenvalue weighted by molar-refractivity contribution is 0.0143. The van der Waals surface area contributed by atoms with Gasteiger partial charge >= 0.3 is 6.03 Å². The number of urea groups is 1. The zero-order chi connectivity index (χ0) is 16.5. The lowest BCUT2D eigenvalue weighted by Crippen LogP contribution is -2.36. The molecule has 0 unspecified atom stereocenters. The molecule has 0 saturated heterocycles. The van der Waals surface area contributed by atoms with Crippen molar-refractivity contribution in [3.8, 4) is 0 Å². The van der Waals surface area contributed by atoms with Crippen LogP contribution in [0.3, 0.4) is 0 Å². The first-order valence-corrected chi connectivity index (χ1v) is 8.49. The van der Waals surface area contributed by atoms with Crippen LogP contribution in [0.2, 0.25) is 0 Å². The summed E-state index contributed by atoms with van der Waals surface area (Å²) in [4.78, 5) is 12.0. The third kappa shape index (κ3) is 7.01. The summed E-state index contributed by atoms with van der Waals surface area (Å²) in [6.07, 6.45) is 4.81. The molecule has 0 radical (unpaired) electrons. The van der Waals surface area contributed by atoms with E-state index in [1.807, 2.05) is 38.1 Å². The van der Waals surface area contributed by atoms with Gasteiger partial charge < -0.3 is 20.1 Å². The molecule has 1 aromatic rings. The van der Waals surface area contributed by atoms with Crippen LogP contribution in [-0.4, -0.2) is 31.4 Å². The molecule has 0 spiro atoms. The Labute approximate surface area is 138 Å². The van der Waals surface area contributed by atoms with Crippen LogP contribution in [0.5, 0.6) is 0 Å². The summed E-state index contributed by atoms with van der Waals surface area (Å²) in [6.45, 7) is 5.69. The molecule has 1 fully saturated rings. The van der Waals surface area contributed by atoms with E-state index in [0.29, 0.717) is 25.9 Å². The van der Waals surface area contributed by atoms with Crippen LogP contribution in [0.25, 0.3) is 0 Å². The van der Waals surface area contributed by atoms with Crippen molar-refractivity contribution < 1.29 is 14.3 Å². The summed E-state index contributed by atoms with van der Waals surface area (Å²) in [7, 11) is 0. The Morgan fingerprint density at radius 2 is 2.04 bits per heavy atom. The van der Waals surface area contributed by atoms with Crippen molar-refractivity contribution in [1.29, 1.82) is 0 Å². The van der Waals surface area contributed by atoms with E-state index in [4.69, 9.17) is 9.47 Å². The summed E-state index contributed by atoms with van der Waals surface area (Å²) >= 11 is 0. The average Bonchev–Trinajstić information content (AvgIpc) is 2.99. The third-order valence-corrected chi connectivity index (χ3v) is 3.82. The Morgan fingerprint density at radius 1 is 1.26 bits per heavy atom. The lowest BCUT2D eigenvalue weighted by atomic mass is 10.2. The molecule has 5 nitrogen and oxygen atoms in total. The molecule has 1 aliphatic rings. The number of hydrogen-bond donors (Lipinski definition) is 2. The molecule has 0 bridgehead atoms. The number of amides is 2. The van der Waals surface area contributed by atoms with Crippen LogP contribution < -0.4 is 10.6 Å². The van der Waals surface area contributed by atoms with Crippen LogP contribution >= 0.6 is 0 Å². The van der Waals surface area contributed by atoms with Crippen LogP contribution in [0.1, 0.15) is 45.1 Å². The zero-order valence-electron chi connectivity index (χ0n) is 14.1. The molecule has 2 amide bonds. The summed E-state index contributed by atoms with van der Waals surface area (Å²) in [5.41, 5.74) is 1.83. The van der Waals surface area contributed by atoms with Gasteiger partial charge in [0.05, 0.1) is 25.9 Å². The second-order valence-corrected chi connectivity index (χ2v) is 6.25. The maximum absolute atomic E-state index is 12.0. The summed E-state index contributed by atoms with van der Waals surface area (Å²) in [5, 5.41) is 5.91. The van der Waals surface area contributed by atoms with Gasteiger partial charge in [0.15, 0.2) is 0 Å². The second kappa shape index (κ2) is 9.53. The Bertz CT molecular complexity index is 485. The second-order valence-electron chi connectivity index (χ2n) is 6.25. The maximum atomic E-state index is 12.0. The first-order chi connectivity index (χ1) is 11.1. The molecular weight excluding hydrogens is 292 g/mol. The van der Waals surface area contributed by atoms with Crippen LogP contribution in [0, 0.1) is 0 Å². The Balaban J connectivity index is 1.71. The third-order valence-electron chi connectivity index (χ3n) is 3.82. The molecule has 2 rings (SSSR count). The number of ether oxygens (including phenoxy) is 2. The number of carbonyl (C=O) groups excluding carboxylic acids is 1. The smallest absolute Gasteiger partial charge is 0.319 e. The normalized spacial score (nSPS) is 15.1. The molecule has 23 heavy (non-hydrogen) atoms. The Kier molecular flexibility index (Phi) is 7.36. The number of benzene rings is 1. The lowest BCUT2D eigenvalue weighted by Gasteiger charge is -2.13. The minimum atomic E-state index is -0.125. The van der Waals surface area contributed by atoms with Crippen molar-refractivity contribution in [2.45, 2.75) is 58.3 Å². The minimum Gasteiger partial charge on any atom is -0.376 e. The van der Waals surface area contributed by atoms with Crippen LogP contribution in [0.15, 0.2) is 24.3 Å². The molecule has 128 valence electrons. The van der Waals surface area contributed by atoms with Gasteiger partial charge in [-0.1, -0.05) is 25.0 Å². The van der Waals surface area contributed by atoms with Gasteiger partial charge in [-0.3, -0.25) is 0 Å². The van der Waals surface area contributed by atoms with Gasteiger partial charge in [0.2, 0.25) is 0 Å². The quantitative estimate of drug-likeness (QED) is 0.718. The molecule has 5 heteroatoms. The Hall–Kier alpha value is -1.59. The highest BCUT2D eigenvalue weighted by Crippen LogP contribution is 2.18. The topological polar surface area (TPSA) is 59.6 Å². The highest BCUT2D eigenvalue weighted by molar-refractivity contribution is 5.89. The average molecular weight is 320 g/mol. The van der Waals surface area contributed by atoms with E-state index in [9.17, 15) is 4.79 Å². The standard InChI is InChI=1S/C18H28N2O3/c1-14(2)23-11-10-22-13-15-6-5-9-17(12-15)20-18(21)19-16-7-3-4-8-16/h5-6,9,12,14,16H,3-4,7-8,10-11,13H2,1-2H3,(H2,19,20,21). The molecule has 1 aliphatic carbocycles. The number of carbonyl (C=O) groups is 1. The molecule has 0 aliphatic heterocycles. The molecule has 0 atom stereocenters. The zero-order valence-corrected chi connectivity index (χ0v) is 14.1. The number of rotatable bonds is 8. The van der Waals surface area contributed by atoms with E-state index in [0.717, 1.165) is 24.1 Å². The van der Waals surface area contributed by atoms with E-state index in [-0.39, 0.29) is 12.1 Å². The monoisotopic (exact) mass is 320 g/mol. The summed E-state index contributed by atoms with van der Waals surface area (Å²) < 4.78 is 11.0. The van der Waals surface area contributed by atoms with Crippen molar-refractivity contribution in [3.05, 3.63) is 29.8 Å². The molecular formula is C18H28N2O3. The molecule has 0 heterocycles. The van der Waals surface area contributed by atoms with Gasteiger partial charge in [-0.05, 0) is 44.4 Å². The van der Waals surface area contributed by atoms with E-state index in [1.165, 1.54) is 12.8 Å². The molecule has 1 aromatic carbocycles. The van der Waals surface area contributed by atoms with Crippen molar-refractivity contribution in [2.24, 2.45) is 0 Å². The molecule has 2 N–H and O–H groups in total. The fourth-order valence-electron chi connectivity index (χ4n) is 2.69. The predicted octanol–water partition coefficient (Wildman–Crippen LogP) is 3.69. The molecule has 0 aromatic heterocycles. The van der Waals surface area contributed by atoms with Gasteiger partial charge in [0.25, 0.3) is 0 Å². The van der Waals surface area contributed by atoms with E-state index in [2.05, 4.69) is 10.6 Å². The first-order valence-electron chi connectivity index (χ1n) is 8.49. The van der Waals surface area contributed by atoms with Crippen molar-refractivity contribution >= 4 is 11.7 Å². The van der Waals surface area contributed by atoms with Crippen molar-refractivity contribution in [3.63, 3.8) is 0 Å². The number of hydrogen-bond acceptors (Lipinski definition) is 3. The Morgan fingerprint density at radius 3 is 2.78 bits per heavy atom. The fraction of sp³-hybridized carbons (Fsp3) is 0.611. The highest BCUT2D eigenvalue weighted by Gasteiger charge is 2.16. The highest BCUT2D eigenvalue weighted by atomic mass is 16.5. The van der Waals surface area contributed by atoms with E-state index < -0.39 is 0 Å². The van der Waals surface area contributed by atoms with Crippen molar-refractivity contribution in [2.75, 3.05) is 18.5 Å². The van der Waals surface area contributed by atoms with Gasteiger partial charge in [-0.15, -0.1) is 0 Å². The SMILES string of the molecule is CC(C)OCCOCc1cccc(NC(=O)NC2CCCC2)c1. The first kappa shape index (κ1) is 17.8. The van der Waals surface area contributed by atoms with E-state index in [1.54, 1.807) is 0 Å². The van der Waals surface area contributed by atoms with Crippen LogP contribution in [0.4, 0.5) is 10.5 Å². The van der Waals surface area contributed by atoms with Gasteiger partial charge in [0, 0.05) is 11.7 Å². The number of anilines is 1. The summed E-state index contributed by atoms with van der Waals surface area (Å²) in [5.74, 6) is 0. The maximum Gasteiger partial charge on any atom is 0.319 e. The van der Waals surface area contributed by atoms with Crippen molar-refractivity contribution in [1.82, 2.24) is 5.32 Å². The van der Waals surface area contributed by atoms with Gasteiger partial charge in [0.1, 0.15) is 0 Å². The minimum absolute atomic E-state index is 0.125. The van der Waals surface area contributed by atoms with E-state index >= 15 is 0 Å². The predicted molar refractivity (Wildman–Crippen MR) is 91.6 cm³/mol. The van der Waals surface area contributed by atoms with Gasteiger partial charge in [-0.25, -0.2) is 4.79 Å². The summed E-state index contributed by atoms with van der Waals surface area (Å²) in [6, 6.07) is 7.94. The van der Waals surface area contributed by atoms with Crippen LogP contribution in [-0.2, 0) is 16.1 Å².